The van der Waals surface area contributed by atoms with Crippen molar-refractivity contribution in [2.24, 2.45) is 5.14 Å². The van der Waals surface area contributed by atoms with Crippen LogP contribution >= 0.6 is 47.0 Å². The quantitative estimate of drug-likeness (QED) is 0.0206. The Morgan fingerprint density at radius 1 is 0.313 bits per heavy atom. The van der Waals surface area contributed by atoms with E-state index < -0.39 is 128 Å². The molecule has 0 spiro atoms. The molecule has 27 nitrogen and oxygen atoms in total. The summed E-state index contributed by atoms with van der Waals surface area (Å²) in [4.78, 5) is 40.6. The molecule has 15 aromatic rings. The van der Waals surface area contributed by atoms with Crippen molar-refractivity contribution >= 4 is 170 Å². The van der Waals surface area contributed by atoms with Gasteiger partial charge in [-0.05, 0) is 254 Å². The smallest absolute Gasteiger partial charge is 0.378 e. The second kappa shape index (κ2) is 46.8. The van der Waals surface area contributed by atoms with E-state index in [9.17, 15) is 110 Å². The molecule has 0 atom stereocenters. The van der Waals surface area contributed by atoms with Crippen molar-refractivity contribution in [3.05, 3.63) is 306 Å². The van der Waals surface area contributed by atoms with Crippen molar-refractivity contribution in [3.8, 4) is 33.8 Å². The van der Waals surface area contributed by atoms with E-state index in [1.807, 2.05) is 12.1 Å². The molecular formula is C98H92F18N19O8P5S2. The number of morpholine rings is 1. The average Bonchev–Trinajstić information content (AvgIpc) is 1.04. The molecule has 150 heavy (non-hydrogen) atoms. The fourth-order valence-corrected chi connectivity index (χ4v) is 19.2. The number of alkyl halides is 18. The number of thiophene rings is 1. The van der Waals surface area contributed by atoms with Crippen molar-refractivity contribution in [1.29, 1.82) is 0 Å². The molecule has 1 aliphatic rings. The first kappa shape index (κ1) is 115. The number of hydrogen-bond donors (Lipinski definition) is 8. The Morgan fingerprint density at radius 2 is 0.607 bits per heavy atom. The van der Waals surface area contributed by atoms with Gasteiger partial charge in [-0.3, -0.25) is 0 Å². The zero-order chi connectivity index (χ0) is 110. The Hall–Kier alpha value is -13.8. The van der Waals surface area contributed by atoms with Crippen LogP contribution in [0.3, 0.4) is 0 Å². The maximum atomic E-state index is 13.6. The lowest BCUT2D eigenvalue weighted by Gasteiger charge is -2.29. The summed E-state index contributed by atoms with van der Waals surface area (Å²) in [6.07, 6.45) is -24.5. The molecule has 0 amide bonds. The molecule has 6 aromatic heterocycles. The van der Waals surface area contributed by atoms with E-state index in [0.717, 1.165) is 60.9 Å². The van der Waals surface area contributed by atoms with Crippen LogP contribution in [0, 0.1) is 0 Å². The maximum absolute atomic E-state index is 13.6. The van der Waals surface area contributed by atoms with Crippen LogP contribution in [-0.4, -0.2) is 151 Å². The van der Waals surface area contributed by atoms with Crippen molar-refractivity contribution < 1.29 is 115 Å². The van der Waals surface area contributed by atoms with Gasteiger partial charge in [0.2, 0.25) is 39.8 Å². The highest BCUT2D eigenvalue weighted by Gasteiger charge is 2.41. The third-order valence-electron chi connectivity index (χ3n) is 21.4. The first-order valence-electron chi connectivity index (χ1n) is 44.1. The van der Waals surface area contributed by atoms with Gasteiger partial charge in [-0.2, -0.15) is 100 Å². The standard InChI is InChI=1S/C23H25F3N5O2P.C20H17F6N4OP.C19H18F3N4O3PS.C19H17F3N3OP.C17H15F3N3OPS/c1-34(2,32)19-9-5-17(6-10-19)29-22-27-15-20(23(24,25)26)21(30-22)28-16-3-7-18(8-4-16)31-11-13-33-14-12-31;1-32(2,31)15-8-6-13(7-9-15)29-18-27-11-16(20(24,25)26)17(30-18)28-14-5-3-4-12(10-14)19(21,22)23;1-30(2,27)14-8-6-13(7-9-14)25-18-24-11-16(19(20,21)22)17(26-18)12-4-3-5-15(10-12)31(23,28)29;1-27(2,26)15-10-8-14(9-11-15)24-18-23-12-16(19(20,21)22)17(25-18)13-6-4-3-5-7-13;1-25(2,24)13-5-3-12(4-6-13)22-16-21-9-14(17(18,19)20)15(23-16)11-7-8-26-10-11/h3-10,15H,11-14H2,1-2H3,(H2,27,28,29,30);3-11H,1-2H3,(H2,27,28,29,30);3-11H,1-2H3,(H2,23,28,29)(H,24,25,26);3-12H,1-2H3,(H,23,24,25);3-10H,1-2H3,(H,21,22,23). The van der Waals surface area contributed by atoms with Gasteiger partial charge in [0.05, 0.1) is 40.8 Å². The largest absolute Gasteiger partial charge is 0.421 e. The van der Waals surface area contributed by atoms with Gasteiger partial charge in [-0.15, -0.1) is 0 Å². The Balaban J connectivity index is 0.000000167. The van der Waals surface area contributed by atoms with Crippen molar-refractivity contribution in [3.63, 3.8) is 0 Å². The highest BCUT2D eigenvalue weighted by atomic mass is 32.2. The lowest BCUT2D eigenvalue weighted by Crippen LogP contribution is -2.36. The average molecular weight is 2220 g/mol. The van der Waals surface area contributed by atoms with Gasteiger partial charge in [-0.25, -0.2) is 53.4 Å². The van der Waals surface area contributed by atoms with E-state index in [0.29, 0.717) is 98.1 Å². The van der Waals surface area contributed by atoms with Gasteiger partial charge >= 0.3 is 37.1 Å². The number of benzene rings is 9. The number of hydrogen-bond acceptors (Lipinski definition) is 27. The SMILES string of the molecule is CP(C)(=O)c1ccc(Nc2ncc(C(F)(F)F)c(-c3cccc(S(N)(=O)=O)c3)n2)cc1.CP(C)(=O)c1ccc(Nc2ncc(C(F)(F)F)c(-c3ccccc3)n2)cc1.CP(C)(=O)c1ccc(Nc2ncc(C(F)(F)F)c(-c3ccsc3)n2)cc1.CP(C)(=O)c1ccc(Nc2ncc(C(F)(F)F)c(Nc3ccc(N4CCOCC4)cc3)n2)cc1.CP(C)(=O)c1ccc(Nc2ncc(C(F)(F)F)c(Nc3cccc(C(F)(F)F)c3)n2)cc1. The highest BCUT2D eigenvalue weighted by Crippen LogP contribution is 2.46. The summed E-state index contributed by atoms with van der Waals surface area (Å²) in [5.41, 5.74) is -2.47. The predicted octanol–water partition coefficient (Wildman–Crippen LogP) is 25.5. The molecule has 0 bridgehead atoms. The number of sulfonamides is 1. The molecule has 16 rings (SSSR count). The van der Waals surface area contributed by atoms with Crippen LogP contribution in [0.2, 0.25) is 0 Å². The van der Waals surface area contributed by atoms with E-state index in [1.165, 1.54) is 35.6 Å². The Kier molecular flexibility index (Phi) is 35.8. The minimum Gasteiger partial charge on any atom is -0.378 e. The van der Waals surface area contributed by atoms with Crippen LogP contribution in [0.1, 0.15) is 33.4 Å². The zero-order valence-corrected chi connectivity index (χ0v) is 86.5. The molecule has 1 saturated heterocycles. The summed E-state index contributed by atoms with van der Waals surface area (Å²) in [6, 6.07) is 58.7. The number of nitrogens with two attached hydrogens (primary N) is 1. The summed E-state index contributed by atoms with van der Waals surface area (Å²) in [5, 5.41) is 31.1. The predicted molar refractivity (Wildman–Crippen MR) is 552 cm³/mol. The van der Waals surface area contributed by atoms with E-state index in [1.54, 1.807) is 247 Å². The lowest BCUT2D eigenvalue weighted by molar-refractivity contribution is -0.138. The monoisotopic (exact) mass is 2220 g/mol. The highest BCUT2D eigenvalue weighted by molar-refractivity contribution is 7.89. The molecular weight excluding hydrogens is 2130 g/mol. The van der Waals surface area contributed by atoms with Gasteiger partial charge in [0.25, 0.3) is 0 Å². The second-order valence-electron chi connectivity index (χ2n) is 34.8. The number of aromatic nitrogens is 10. The Labute approximate surface area is 852 Å². The van der Waals surface area contributed by atoms with Crippen LogP contribution in [0.15, 0.2) is 277 Å². The number of nitrogens with one attached hydrogen (secondary N) is 7. The number of anilines is 15. The van der Waals surface area contributed by atoms with Crippen LogP contribution in [0.4, 0.5) is 166 Å². The van der Waals surface area contributed by atoms with Gasteiger partial charge in [-0.1, -0.05) is 48.5 Å². The number of primary sulfonamides is 1. The fourth-order valence-electron chi connectivity index (χ4n) is 13.7. The van der Waals surface area contributed by atoms with Gasteiger partial charge in [0, 0.05) is 138 Å². The van der Waals surface area contributed by atoms with E-state index in [4.69, 9.17) is 9.88 Å². The lowest BCUT2D eigenvalue weighted by atomic mass is 10.1. The molecule has 1 fully saturated rings. The second-order valence-corrected chi connectivity index (χ2v) is 53.2. The van der Waals surface area contributed by atoms with Gasteiger partial charge in [0.15, 0.2) is 0 Å². The minimum absolute atomic E-state index is 0.00404. The van der Waals surface area contributed by atoms with E-state index in [-0.39, 0.29) is 63.1 Å². The summed E-state index contributed by atoms with van der Waals surface area (Å²) >= 11 is 1.29. The number of nitrogens with zero attached hydrogens (tertiary/aromatic N) is 11. The molecule has 9 aromatic carbocycles. The molecule has 52 heteroatoms. The fraction of sp³-hybridized carbons (Fsp3) is 0.204. The third kappa shape index (κ3) is 32.6. The molecule has 1 aliphatic heterocycles. The van der Waals surface area contributed by atoms with Crippen molar-refractivity contribution in [2.45, 2.75) is 42.0 Å². The summed E-state index contributed by atoms with van der Waals surface area (Å²) in [5.74, 6) is -1.30. The van der Waals surface area contributed by atoms with Crippen LogP contribution in [0.5, 0.6) is 0 Å². The summed E-state index contributed by atoms with van der Waals surface area (Å²) in [7, 11) is -16.2. The zero-order valence-electron chi connectivity index (χ0n) is 80.4. The van der Waals surface area contributed by atoms with E-state index >= 15 is 0 Å². The first-order valence-corrected chi connectivity index (χ1v) is 59.6. The first-order chi connectivity index (χ1) is 69.9. The number of rotatable bonds is 24. The van der Waals surface area contributed by atoms with Crippen LogP contribution < -0.4 is 73.8 Å². The van der Waals surface area contributed by atoms with E-state index in [2.05, 4.69) is 92.0 Å². The number of ether oxygens (including phenoxy) is 1. The molecule has 790 valence electrons. The Morgan fingerprint density at radius 3 is 0.920 bits per heavy atom. The summed E-state index contributed by atoms with van der Waals surface area (Å²) < 4.78 is 329. The molecule has 7 heterocycles. The maximum Gasteiger partial charge on any atom is 0.421 e. The Bertz CT molecular complexity index is 7620. The molecule has 0 saturated carbocycles. The minimum atomic E-state index is -4.84. The van der Waals surface area contributed by atoms with Crippen molar-refractivity contribution in [2.75, 3.05) is 135 Å². The normalized spacial score (nSPS) is 12.9. The molecule has 0 radical (unpaired) electrons. The number of halogens is 18. The molecule has 0 unspecified atom stereocenters. The molecule has 9 N–H and O–H groups in total. The van der Waals surface area contributed by atoms with Gasteiger partial charge < -0.3 is 69.7 Å². The van der Waals surface area contributed by atoms with Crippen LogP contribution in [0.25, 0.3) is 33.8 Å². The summed E-state index contributed by atoms with van der Waals surface area (Å²) in [6.45, 7) is 19.3. The van der Waals surface area contributed by atoms with Crippen LogP contribution in [-0.2, 0) is 74.6 Å². The topological polar surface area (TPSA) is 371 Å². The molecule has 0 aliphatic carbocycles. The third-order valence-corrected chi connectivity index (χ3v) is 30.7. The van der Waals surface area contributed by atoms with Gasteiger partial charge in [0.1, 0.15) is 75.2 Å². The van der Waals surface area contributed by atoms with Crippen molar-refractivity contribution in [1.82, 2.24) is 49.8 Å².